The van der Waals surface area contributed by atoms with Gasteiger partial charge < -0.3 is 15.4 Å². The smallest absolute Gasteiger partial charge is 0.214 e. The summed E-state index contributed by atoms with van der Waals surface area (Å²) in [5.41, 5.74) is 7.14. The Kier molecular flexibility index (Phi) is 5.22. The van der Waals surface area contributed by atoms with E-state index < -0.39 is 0 Å². The van der Waals surface area contributed by atoms with E-state index in [-0.39, 0.29) is 6.04 Å². The van der Waals surface area contributed by atoms with Gasteiger partial charge in [0.25, 0.3) is 0 Å². The molecule has 1 unspecified atom stereocenters. The highest BCUT2D eigenvalue weighted by Crippen LogP contribution is 2.17. The molecule has 1 rings (SSSR count). The largest absolute Gasteiger partial charge is 0.481 e. The van der Waals surface area contributed by atoms with Crippen molar-refractivity contribution in [2.45, 2.75) is 26.3 Å². The SMILES string of the molecule is COc1cc(N(C)CCC(N)C(C)C)ccn1. The highest BCUT2D eigenvalue weighted by Gasteiger charge is 2.09. The number of pyridine rings is 1. The lowest BCUT2D eigenvalue weighted by Gasteiger charge is -2.23. The topological polar surface area (TPSA) is 51.4 Å². The second kappa shape index (κ2) is 6.45. The van der Waals surface area contributed by atoms with Gasteiger partial charge in [-0.05, 0) is 18.4 Å². The second-order valence-electron chi connectivity index (χ2n) is 4.67. The number of hydrogen-bond donors (Lipinski definition) is 1. The van der Waals surface area contributed by atoms with E-state index in [9.17, 15) is 0 Å². The Balaban J connectivity index is 2.54. The predicted molar refractivity (Wildman–Crippen MR) is 71.5 cm³/mol. The van der Waals surface area contributed by atoms with Crippen molar-refractivity contribution in [1.29, 1.82) is 0 Å². The number of ether oxygens (including phenoxy) is 1. The minimum Gasteiger partial charge on any atom is -0.481 e. The van der Waals surface area contributed by atoms with Gasteiger partial charge in [0.15, 0.2) is 0 Å². The van der Waals surface area contributed by atoms with Crippen LogP contribution in [0.5, 0.6) is 5.88 Å². The lowest BCUT2D eigenvalue weighted by molar-refractivity contribution is 0.398. The van der Waals surface area contributed by atoms with Gasteiger partial charge in [0.1, 0.15) is 0 Å². The minimum atomic E-state index is 0.251. The van der Waals surface area contributed by atoms with E-state index >= 15 is 0 Å². The van der Waals surface area contributed by atoms with Crippen LogP contribution in [-0.2, 0) is 0 Å². The molecule has 0 spiro atoms. The molecule has 0 aliphatic carbocycles. The molecule has 0 fully saturated rings. The Morgan fingerprint density at radius 3 is 2.76 bits per heavy atom. The molecule has 0 saturated carbocycles. The van der Waals surface area contributed by atoms with E-state index in [0.717, 1.165) is 18.7 Å². The maximum absolute atomic E-state index is 6.04. The summed E-state index contributed by atoms with van der Waals surface area (Å²) in [6, 6.07) is 4.16. The number of aromatic nitrogens is 1. The Labute approximate surface area is 104 Å². The molecular formula is C13H23N3O. The maximum atomic E-state index is 6.04. The molecule has 0 aromatic carbocycles. The Bertz CT molecular complexity index is 341. The van der Waals surface area contributed by atoms with Gasteiger partial charge >= 0.3 is 0 Å². The van der Waals surface area contributed by atoms with Gasteiger partial charge in [0, 0.05) is 37.6 Å². The molecule has 96 valence electrons. The third kappa shape index (κ3) is 4.23. The molecular weight excluding hydrogens is 214 g/mol. The summed E-state index contributed by atoms with van der Waals surface area (Å²) in [6.07, 6.45) is 2.74. The first kappa shape index (κ1) is 13.8. The summed E-state index contributed by atoms with van der Waals surface area (Å²) in [5.74, 6) is 1.16. The van der Waals surface area contributed by atoms with Crippen molar-refractivity contribution < 1.29 is 4.74 Å². The predicted octanol–water partition coefficient (Wildman–Crippen LogP) is 1.90. The van der Waals surface area contributed by atoms with Gasteiger partial charge in [0.05, 0.1) is 7.11 Å². The first-order valence-electron chi connectivity index (χ1n) is 6.01. The molecule has 4 nitrogen and oxygen atoms in total. The first-order valence-corrected chi connectivity index (χ1v) is 6.01. The lowest BCUT2D eigenvalue weighted by atomic mass is 10.0. The van der Waals surface area contributed by atoms with E-state index in [4.69, 9.17) is 10.5 Å². The number of anilines is 1. The van der Waals surface area contributed by atoms with E-state index in [2.05, 4.69) is 30.8 Å². The normalized spacial score (nSPS) is 12.6. The van der Waals surface area contributed by atoms with Crippen molar-refractivity contribution in [2.24, 2.45) is 11.7 Å². The highest BCUT2D eigenvalue weighted by molar-refractivity contribution is 5.47. The van der Waals surface area contributed by atoms with E-state index in [1.165, 1.54) is 0 Å². The Morgan fingerprint density at radius 2 is 2.18 bits per heavy atom. The molecule has 17 heavy (non-hydrogen) atoms. The minimum absolute atomic E-state index is 0.251. The fourth-order valence-electron chi connectivity index (χ4n) is 1.55. The first-order chi connectivity index (χ1) is 8.04. The summed E-state index contributed by atoms with van der Waals surface area (Å²) < 4.78 is 5.11. The monoisotopic (exact) mass is 237 g/mol. The molecule has 1 aromatic rings. The van der Waals surface area contributed by atoms with Gasteiger partial charge in [-0.15, -0.1) is 0 Å². The fraction of sp³-hybridized carbons (Fsp3) is 0.615. The molecule has 0 aliphatic rings. The molecule has 4 heteroatoms. The van der Waals surface area contributed by atoms with Crippen molar-refractivity contribution in [3.63, 3.8) is 0 Å². The molecule has 1 heterocycles. The van der Waals surface area contributed by atoms with Gasteiger partial charge in [-0.1, -0.05) is 13.8 Å². The van der Waals surface area contributed by atoms with Crippen molar-refractivity contribution in [3.8, 4) is 5.88 Å². The third-order valence-corrected chi connectivity index (χ3v) is 3.02. The Morgan fingerprint density at radius 1 is 1.47 bits per heavy atom. The van der Waals surface area contributed by atoms with Gasteiger partial charge in [-0.2, -0.15) is 0 Å². The second-order valence-corrected chi connectivity index (χ2v) is 4.67. The van der Waals surface area contributed by atoms with Crippen molar-refractivity contribution in [2.75, 3.05) is 25.6 Å². The van der Waals surface area contributed by atoms with Crippen molar-refractivity contribution in [3.05, 3.63) is 18.3 Å². The van der Waals surface area contributed by atoms with E-state index in [0.29, 0.717) is 11.8 Å². The van der Waals surface area contributed by atoms with Crippen LogP contribution < -0.4 is 15.4 Å². The molecule has 0 radical (unpaired) electrons. The average Bonchev–Trinajstić information content (AvgIpc) is 2.35. The van der Waals surface area contributed by atoms with Gasteiger partial charge in [-0.25, -0.2) is 4.98 Å². The van der Waals surface area contributed by atoms with Crippen molar-refractivity contribution in [1.82, 2.24) is 4.98 Å². The van der Waals surface area contributed by atoms with Crippen molar-refractivity contribution >= 4 is 5.69 Å². The van der Waals surface area contributed by atoms with Crippen LogP contribution in [0.3, 0.4) is 0 Å². The summed E-state index contributed by atoms with van der Waals surface area (Å²) in [7, 11) is 3.68. The molecule has 1 atom stereocenters. The summed E-state index contributed by atoms with van der Waals surface area (Å²) in [4.78, 5) is 6.26. The van der Waals surface area contributed by atoms with Crippen LogP contribution in [0.25, 0.3) is 0 Å². The molecule has 2 N–H and O–H groups in total. The maximum Gasteiger partial charge on any atom is 0.214 e. The summed E-state index contributed by atoms with van der Waals surface area (Å²) in [5, 5.41) is 0. The van der Waals surface area contributed by atoms with E-state index in [1.807, 2.05) is 12.1 Å². The standard InChI is InChI=1S/C13H23N3O/c1-10(2)12(14)6-8-16(3)11-5-7-15-13(9-11)17-4/h5,7,9-10,12H,6,8,14H2,1-4H3. The van der Waals surface area contributed by atoms with Gasteiger partial charge in [-0.3, -0.25) is 0 Å². The molecule has 0 aliphatic heterocycles. The summed E-state index contributed by atoms with van der Waals surface area (Å²) in [6.45, 7) is 5.24. The number of methoxy groups -OCH3 is 1. The quantitative estimate of drug-likeness (QED) is 0.821. The van der Waals surface area contributed by atoms with Crippen LogP contribution in [0.2, 0.25) is 0 Å². The van der Waals surface area contributed by atoms with Crippen LogP contribution in [0, 0.1) is 5.92 Å². The van der Waals surface area contributed by atoms with Crippen LogP contribution in [-0.4, -0.2) is 31.7 Å². The zero-order valence-corrected chi connectivity index (χ0v) is 11.2. The van der Waals surface area contributed by atoms with E-state index in [1.54, 1.807) is 13.3 Å². The molecule has 0 amide bonds. The highest BCUT2D eigenvalue weighted by atomic mass is 16.5. The van der Waals surface area contributed by atoms with Crippen LogP contribution >= 0.6 is 0 Å². The zero-order chi connectivity index (χ0) is 12.8. The van der Waals surface area contributed by atoms with Crippen LogP contribution in [0.15, 0.2) is 18.3 Å². The fourth-order valence-corrected chi connectivity index (χ4v) is 1.55. The van der Waals surface area contributed by atoms with Crippen LogP contribution in [0.1, 0.15) is 20.3 Å². The number of rotatable bonds is 6. The lowest BCUT2D eigenvalue weighted by Crippen LogP contribution is -2.31. The third-order valence-electron chi connectivity index (χ3n) is 3.02. The number of nitrogens with zero attached hydrogens (tertiary/aromatic N) is 2. The van der Waals surface area contributed by atoms with Crippen LogP contribution in [0.4, 0.5) is 5.69 Å². The zero-order valence-electron chi connectivity index (χ0n) is 11.2. The summed E-state index contributed by atoms with van der Waals surface area (Å²) >= 11 is 0. The molecule has 1 aromatic heterocycles. The molecule has 0 bridgehead atoms. The number of hydrogen-bond acceptors (Lipinski definition) is 4. The molecule has 0 saturated heterocycles. The van der Waals surface area contributed by atoms with Gasteiger partial charge in [0.2, 0.25) is 5.88 Å². The average molecular weight is 237 g/mol. The number of nitrogens with two attached hydrogens (primary N) is 1. The Hall–Kier alpha value is -1.29.